The Hall–Kier alpha value is -3.35. The van der Waals surface area contributed by atoms with Gasteiger partial charge in [-0.15, -0.1) is 0 Å². The Balaban J connectivity index is 1.60. The molecule has 0 radical (unpaired) electrons. The Morgan fingerprint density at radius 2 is 1.97 bits per heavy atom. The number of oxazole rings is 1. The number of imidazole rings is 1. The van der Waals surface area contributed by atoms with Crippen molar-refractivity contribution in [3.05, 3.63) is 54.4 Å². The van der Waals surface area contributed by atoms with Crippen molar-refractivity contribution in [1.29, 1.82) is 0 Å². The zero-order chi connectivity index (χ0) is 21.6. The van der Waals surface area contributed by atoms with Crippen LogP contribution in [0.25, 0.3) is 22.4 Å². The first-order valence-corrected chi connectivity index (χ1v) is 10.8. The fourth-order valence-corrected chi connectivity index (χ4v) is 4.27. The van der Waals surface area contributed by atoms with Crippen molar-refractivity contribution in [1.82, 2.24) is 19.5 Å². The minimum Gasteiger partial charge on any atom is -0.487 e. The van der Waals surface area contributed by atoms with Gasteiger partial charge in [0, 0.05) is 24.7 Å². The SMILES string of the molecule is CCc1nc(Cn2c(-c3cnc4c(c3)OCC(C)(C)N4CC)nc3ccccc32)co1. The summed E-state index contributed by atoms with van der Waals surface area (Å²) in [5.74, 6) is 3.27. The van der Waals surface area contributed by atoms with Gasteiger partial charge in [0.15, 0.2) is 17.5 Å². The first-order chi connectivity index (χ1) is 15.0. The number of ether oxygens (including phenoxy) is 1. The maximum Gasteiger partial charge on any atom is 0.193 e. The summed E-state index contributed by atoms with van der Waals surface area (Å²) in [7, 11) is 0. The number of rotatable bonds is 5. The number of hydrogen-bond acceptors (Lipinski definition) is 6. The van der Waals surface area contributed by atoms with Crippen molar-refractivity contribution in [2.75, 3.05) is 18.1 Å². The molecule has 0 atom stereocenters. The van der Waals surface area contributed by atoms with E-state index in [1.165, 1.54) is 0 Å². The molecule has 0 saturated carbocycles. The smallest absolute Gasteiger partial charge is 0.193 e. The molecule has 31 heavy (non-hydrogen) atoms. The highest BCUT2D eigenvalue weighted by Crippen LogP contribution is 2.38. The van der Waals surface area contributed by atoms with Crippen LogP contribution in [0.3, 0.4) is 0 Å². The van der Waals surface area contributed by atoms with Crippen molar-refractivity contribution >= 4 is 16.9 Å². The Bertz CT molecular complexity index is 1240. The van der Waals surface area contributed by atoms with E-state index in [0.29, 0.717) is 13.2 Å². The van der Waals surface area contributed by atoms with Crippen LogP contribution in [0.15, 0.2) is 47.2 Å². The molecule has 4 aromatic rings. The van der Waals surface area contributed by atoms with E-state index in [1.807, 2.05) is 31.3 Å². The number of aryl methyl sites for hydroxylation is 1. The van der Waals surface area contributed by atoms with E-state index >= 15 is 0 Å². The van der Waals surface area contributed by atoms with E-state index in [9.17, 15) is 0 Å². The number of anilines is 1. The summed E-state index contributed by atoms with van der Waals surface area (Å²) in [6.45, 7) is 10.6. The molecule has 0 aliphatic carbocycles. The molecule has 0 amide bonds. The molecule has 4 heterocycles. The summed E-state index contributed by atoms with van der Waals surface area (Å²) in [6, 6.07) is 10.2. The van der Waals surface area contributed by atoms with Gasteiger partial charge in [-0.05, 0) is 39.0 Å². The number of likely N-dealkylation sites (N-methyl/N-ethyl adjacent to an activating group) is 1. The molecule has 1 aromatic carbocycles. The lowest BCUT2D eigenvalue weighted by molar-refractivity contribution is 0.211. The third kappa shape index (κ3) is 3.34. The van der Waals surface area contributed by atoms with Gasteiger partial charge >= 0.3 is 0 Å². The number of nitrogens with zero attached hydrogens (tertiary/aromatic N) is 5. The predicted octanol–water partition coefficient (Wildman–Crippen LogP) is 4.69. The van der Waals surface area contributed by atoms with Gasteiger partial charge in [0.2, 0.25) is 0 Å². The van der Waals surface area contributed by atoms with Crippen LogP contribution in [-0.2, 0) is 13.0 Å². The summed E-state index contributed by atoms with van der Waals surface area (Å²) in [5.41, 5.74) is 3.69. The summed E-state index contributed by atoms with van der Waals surface area (Å²) < 4.78 is 13.8. The predicted molar refractivity (Wildman–Crippen MR) is 121 cm³/mol. The maximum atomic E-state index is 6.11. The Kier molecular flexibility index (Phi) is 4.68. The second kappa shape index (κ2) is 7.41. The third-order valence-corrected chi connectivity index (χ3v) is 5.85. The molecule has 5 rings (SSSR count). The molecular formula is C24H27N5O2. The van der Waals surface area contributed by atoms with Gasteiger partial charge in [0.05, 0.1) is 28.8 Å². The third-order valence-electron chi connectivity index (χ3n) is 5.85. The number of hydrogen-bond donors (Lipinski definition) is 0. The molecule has 1 aliphatic heterocycles. The van der Waals surface area contributed by atoms with Gasteiger partial charge in [0.25, 0.3) is 0 Å². The fraction of sp³-hybridized carbons (Fsp3) is 0.375. The van der Waals surface area contributed by atoms with Crippen LogP contribution >= 0.6 is 0 Å². The van der Waals surface area contributed by atoms with E-state index in [0.717, 1.165) is 58.5 Å². The van der Waals surface area contributed by atoms with Gasteiger partial charge in [-0.25, -0.2) is 15.0 Å². The lowest BCUT2D eigenvalue weighted by Gasteiger charge is -2.43. The quantitative estimate of drug-likeness (QED) is 0.469. The van der Waals surface area contributed by atoms with Crippen LogP contribution in [0.4, 0.5) is 5.82 Å². The molecule has 7 nitrogen and oxygen atoms in total. The van der Waals surface area contributed by atoms with E-state index in [2.05, 4.69) is 47.4 Å². The van der Waals surface area contributed by atoms with Crippen molar-refractivity contribution in [3.63, 3.8) is 0 Å². The molecular weight excluding hydrogens is 390 g/mol. The van der Waals surface area contributed by atoms with Gasteiger partial charge in [-0.2, -0.15) is 0 Å². The molecule has 1 aliphatic rings. The maximum absolute atomic E-state index is 6.11. The molecule has 0 spiro atoms. The Morgan fingerprint density at radius 3 is 2.74 bits per heavy atom. The van der Waals surface area contributed by atoms with E-state index in [1.54, 1.807) is 6.26 Å². The van der Waals surface area contributed by atoms with Gasteiger partial charge in [-0.3, -0.25) is 0 Å². The van der Waals surface area contributed by atoms with Crippen LogP contribution in [-0.4, -0.2) is 38.2 Å². The molecule has 0 fully saturated rings. The first kappa shape index (κ1) is 19.6. The molecule has 7 heteroatoms. The zero-order valence-electron chi connectivity index (χ0n) is 18.4. The number of aromatic nitrogens is 4. The summed E-state index contributed by atoms with van der Waals surface area (Å²) >= 11 is 0. The van der Waals surface area contributed by atoms with Gasteiger partial charge in [0.1, 0.15) is 18.7 Å². The lowest BCUT2D eigenvalue weighted by atomic mass is 10.0. The van der Waals surface area contributed by atoms with Crippen LogP contribution < -0.4 is 9.64 Å². The highest BCUT2D eigenvalue weighted by atomic mass is 16.5. The highest BCUT2D eigenvalue weighted by Gasteiger charge is 2.34. The van der Waals surface area contributed by atoms with Crippen LogP contribution in [0.2, 0.25) is 0 Å². The molecule has 0 N–H and O–H groups in total. The average molecular weight is 418 g/mol. The standard InChI is InChI=1S/C24H27N5O2/c1-5-21-26-17(14-30-21)13-28-19-10-8-7-9-18(19)27-22(28)16-11-20-23(25-12-16)29(6-2)24(3,4)15-31-20/h7-12,14H,5-6,13,15H2,1-4H3. The Labute approximate surface area is 181 Å². The number of pyridine rings is 1. The minimum absolute atomic E-state index is 0.0899. The molecule has 0 bridgehead atoms. The second-order valence-corrected chi connectivity index (χ2v) is 8.49. The second-order valence-electron chi connectivity index (χ2n) is 8.49. The largest absolute Gasteiger partial charge is 0.487 e. The summed E-state index contributed by atoms with van der Waals surface area (Å²) in [5, 5.41) is 0. The van der Waals surface area contributed by atoms with Gasteiger partial charge < -0.3 is 18.6 Å². The van der Waals surface area contributed by atoms with Crippen LogP contribution in [0.5, 0.6) is 5.75 Å². The molecule has 0 saturated heterocycles. The highest BCUT2D eigenvalue weighted by molar-refractivity contribution is 5.81. The van der Waals surface area contributed by atoms with E-state index in [4.69, 9.17) is 19.1 Å². The van der Waals surface area contributed by atoms with Crippen molar-refractivity contribution < 1.29 is 9.15 Å². The Morgan fingerprint density at radius 1 is 1.13 bits per heavy atom. The fourth-order valence-electron chi connectivity index (χ4n) is 4.27. The first-order valence-electron chi connectivity index (χ1n) is 10.8. The van der Waals surface area contributed by atoms with Crippen LogP contribution in [0, 0.1) is 0 Å². The van der Waals surface area contributed by atoms with Crippen LogP contribution in [0.1, 0.15) is 39.3 Å². The topological polar surface area (TPSA) is 69.2 Å². The van der Waals surface area contributed by atoms with Crippen molar-refractivity contribution in [3.8, 4) is 17.1 Å². The monoisotopic (exact) mass is 417 g/mol. The summed E-state index contributed by atoms with van der Waals surface area (Å²) in [4.78, 5) is 16.6. The van der Waals surface area contributed by atoms with Crippen molar-refractivity contribution in [2.24, 2.45) is 0 Å². The van der Waals surface area contributed by atoms with Gasteiger partial charge in [-0.1, -0.05) is 19.1 Å². The molecule has 0 unspecified atom stereocenters. The lowest BCUT2D eigenvalue weighted by Crippen LogP contribution is -2.51. The zero-order valence-corrected chi connectivity index (χ0v) is 18.4. The van der Waals surface area contributed by atoms with E-state index < -0.39 is 0 Å². The molecule has 160 valence electrons. The van der Waals surface area contributed by atoms with Crippen molar-refractivity contribution in [2.45, 2.75) is 46.2 Å². The number of fused-ring (bicyclic) bond motifs is 2. The normalized spacial score (nSPS) is 15.2. The summed E-state index contributed by atoms with van der Waals surface area (Å²) in [6.07, 6.45) is 4.39. The molecule has 3 aromatic heterocycles. The number of para-hydroxylation sites is 2. The minimum atomic E-state index is -0.0899. The number of benzene rings is 1. The van der Waals surface area contributed by atoms with E-state index in [-0.39, 0.29) is 5.54 Å². The average Bonchev–Trinajstić information content (AvgIpc) is 3.38.